The lowest BCUT2D eigenvalue weighted by molar-refractivity contribution is -0.145. The summed E-state index contributed by atoms with van der Waals surface area (Å²) in [7, 11) is 0. The number of fused-ring (bicyclic) bond motifs is 1. The molecule has 4 heteroatoms. The largest absolute Gasteiger partial charge is 0.455 e. The van der Waals surface area contributed by atoms with Gasteiger partial charge >= 0.3 is 5.97 Å². The number of rotatable bonds is 1. The first-order valence-electron chi connectivity index (χ1n) is 4.28. The van der Waals surface area contributed by atoms with E-state index in [2.05, 4.69) is 0 Å². The minimum absolute atomic E-state index is 0.136. The highest BCUT2D eigenvalue weighted by Gasteiger charge is 2.53. The molecule has 0 aromatic rings. The number of aliphatic hydroxyl groups is 1. The van der Waals surface area contributed by atoms with Gasteiger partial charge in [0.1, 0.15) is 24.4 Å². The first-order valence-corrected chi connectivity index (χ1v) is 4.28. The fourth-order valence-electron chi connectivity index (χ4n) is 1.66. The molecule has 0 aromatic heterocycles. The molecule has 2 rings (SSSR count). The van der Waals surface area contributed by atoms with E-state index < -0.39 is 6.10 Å². The predicted octanol–water partition coefficient (Wildman–Crippen LogP) is 0.00630. The van der Waals surface area contributed by atoms with Crippen molar-refractivity contribution in [1.29, 1.82) is 0 Å². The van der Waals surface area contributed by atoms with Crippen LogP contribution in [0, 0.1) is 0 Å². The first kappa shape index (κ1) is 8.72. The van der Waals surface area contributed by atoms with E-state index in [1.54, 1.807) is 13.0 Å². The Hall–Kier alpha value is -0.870. The summed E-state index contributed by atoms with van der Waals surface area (Å²) in [6, 6.07) is 0. The number of hydrogen-bond acceptors (Lipinski definition) is 4. The number of carbonyl (C=O) groups is 1. The summed E-state index contributed by atoms with van der Waals surface area (Å²) in [5.41, 5.74) is 0.810. The molecular weight excluding hydrogens is 172 g/mol. The van der Waals surface area contributed by atoms with Crippen LogP contribution in [0.3, 0.4) is 0 Å². The topological polar surface area (TPSA) is 59.1 Å². The van der Waals surface area contributed by atoms with Crippen molar-refractivity contribution in [1.82, 2.24) is 0 Å². The Balaban J connectivity index is 2.09. The maximum Gasteiger partial charge on any atom is 0.303 e. The summed E-state index contributed by atoms with van der Waals surface area (Å²) >= 11 is 0. The van der Waals surface area contributed by atoms with Crippen molar-refractivity contribution < 1.29 is 19.4 Å². The summed E-state index contributed by atoms with van der Waals surface area (Å²) < 4.78 is 10.2. The van der Waals surface area contributed by atoms with E-state index in [1.165, 1.54) is 6.92 Å². The molecule has 1 saturated heterocycles. The molecule has 13 heavy (non-hydrogen) atoms. The number of carbonyl (C=O) groups excluding carboxylic acids is 1. The van der Waals surface area contributed by atoms with Crippen LogP contribution >= 0.6 is 0 Å². The zero-order chi connectivity index (χ0) is 9.59. The Labute approximate surface area is 76.1 Å². The normalized spacial score (nSPS) is 41.9. The lowest BCUT2D eigenvalue weighted by atomic mass is 9.96. The van der Waals surface area contributed by atoms with Crippen LogP contribution in [-0.4, -0.2) is 35.5 Å². The molecule has 0 amide bonds. The maximum atomic E-state index is 10.7. The van der Waals surface area contributed by atoms with Gasteiger partial charge in [0.2, 0.25) is 0 Å². The summed E-state index contributed by atoms with van der Waals surface area (Å²) in [6.45, 7) is 3.17. The minimum atomic E-state index is -0.531. The molecule has 1 heterocycles. The monoisotopic (exact) mass is 184 g/mol. The molecular formula is C9H12O4. The molecule has 0 spiro atoms. The van der Waals surface area contributed by atoms with Crippen LogP contribution in [0.25, 0.3) is 0 Å². The highest BCUT2D eigenvalue weighted by atomic mass is 16.6. The molecule has 0 unspecified atom stereocenters. The SMILES string of the molecule is CC(=O)O[C@H]1C=C(C)[C@@H](O)[C@H]2O[C@H]21. The standard InChI is InChI=1S/C9H12O4/c1-4-3-6(12-5(2)10)8-9(13-8)7(4)11/h3,6-9,11H,1-2H3/t6-,7+,8-,9+/m0/s1. The molecule has 1 aliphatic heterocycles. The average Bonchev–Trinajstić information content (AvgIpc) is 2.77. The second-order valence-corrected chi connectivity index (χ2v) is 3.49. The lowest BCUT2D eigenvalue weighted by Gasteiger charge is -2.19. The Bertz CT molecular complexity index is 271. The third-order valence-electron chi connectivity index (χ3n) is 2.39. The molecule has 1 N–H and O–H groups in total. The smallest absolute Gasteiger partial charge is 0.303 e. The molecule has 0 bridgehead atoms. The van der Waals surface area contributed by atoms with Gasteiger partial charge in [-0.3, -0.25) is 4.79 Å². The Morgan fingerprint density at radius 2 is 2.31 bits per heavy atom. The van der Waals surface area contributed by atoms with E-state index in [1.807, 2.05) is 0 Å². The van der Waals surface area contributed by atoms with E-state index in [0.29, 0.717) is 0 Å². The van der Waals surface area contributed by atoms with Crippen molar-refractivity contribution in [2.24, 2.45) is 0 Å². The lowest BCUT2D eigenvalue weighted by Crippen LogP contribution is -2.32. The summed E-state index contributed by atoms with van der Waals surface area (Å²) in [6.07, 6.45) is 0.597. The van der Waals surface area contributed by atoms with Gasteiger partial charge < -0.3 is 14.6 Å². The van der Waals surface area contributed by atoms with Crippen LogP contribution in [-0.2, 0) is 14.3 Å². The van der Waals surface area contributed by atoms with E-state index in [9.17, 15) is 9.90 Å². The van der Waals surface area contributed by atoms with Gasteiger partial charge in [0.05, 0.1) is 0 Å². The van der Waals surface area contributed by atoms with E-state index in [0.717, 1.165) is 5.57 Å². The maximum absolute atomic E-state index is 10.7. The van der Waals surface area contributed by atoms with Gasteiger partial charge in [0.25, 0.3) is 0 Å². The van der Waals surface area contributed by atoms with Crippen molar-refractivity contribution in [3.8, 4) is 0 Å². The van der Waals surface area contributed by atoms with Gasteiger partial charge in [-0.2, -0.15) is 0 Å². The third kappa shape index (κ3) is 1.47. The van der Waals surface area contributed by atoms with Crippen LogP contribution < -0.4 is 0 Å². The molecule has 2 aliphatic rings. The number of aliphatic hydroxyl groups excluding tert-OH is 1. The average molecular weight is 184 g/mol. The molecule has 1 fully saturated rings. The highest BCUT2D eigenvalue weighted by Crippen LogP contribution is 2.37. The second-order valence-electron chi connectivity index (χ2n) is 3.49. The molecule has 4 nitrogen and oxygen atoms in total. The van der Waals surface area contributed by atoms with Crippen LogP contribution in [0.1, 0.15) is 13.8 Å². The Kier molecular flexibility index (Phi) is 1.89. The van der Waals surface area contributed by atoms with Gasteiger partial charge in [-0.25, -0.2) is 0 Å². The second kappa shape index (κ2) is 2.82. The van der Waals surface area contributed by atoms with Crippen LogP contribution in [0.15, 0.2) is 11.6 Å². The van der Waals surface area contributed by atoms with Gasteiger partial charge in [-0.05, 0) is 18.6 Å². The van der Waals surface area contributed by atoms with Crippen molar-refractivity contribution in [3.05, 3.63) is 11.6 Å². The zero-order valence-electron chi connectivity index (χ0n) is 7.56. The van der Waals surface area contributed by atoms with E-state index in [-0.39, 0.29) is 24.3 Å². The molecule has 4 atom stereocenters. The van der Waals surface area contributed by atoms with Crippen LogP contribution in [0.2, 0.25) is 0 Å². The summed E-state index contributed by atoms with van der Waals surface area (Å²) in [4.78, 5) is 10.7. The fourth-order valence-corrected chi connectivity index (χ4v) is 1.66. The van der Waals surface area contributed by atoms with Gasteiger partial charge in [-0.15, -0.1) is 0 Å². The fraction of sp³-hybridized carbons (Fsp3) is 0.667. The number of ether oxygens (including phenoxy) is 2. The van der Waals surface area contributed by atoms with E-state index >= 15 is 0 Å². The number of esters is 1. The summed E-state index contributed by atoms with van der Waals surface area (Å²) in [5, 5.41) is 9.51. The predicted molar refractivity (Wildman–Crippen MR) is 44.0 cm³/mol. The molecule has 0 radical (unpaired) electrons. The van der Waals surface area contributed by atoms with Crippen molar-refractivity contribution >= 4 is 5.97 Å². The third-order valence-corrected chi connectivity index (χ3v) is 2.39. The van der Waals surface area contributed by atoms with Gasteiger partial charge in [0, 0.05) is 6.92 Å². The van der Waals surface area contributed by atoms with Crippen LogP contribution in [0.5, 0.6) is 0 Å². The zero-order valence-corrected chi connectivity index (χ0v) is 7.56. The first-order chi connectivity index (χ1) is 6.09. The number of hydrogen-bond donors (Lipinski definition) is 1. The molecule has 0 aromatic carbocycles. The quantitative estimate of drug-likeness (QED) is 0.354. The Morgan fingerprint density at radius 3 is 2.92 bits per heavy atom. The van der Waals surface area contributed by atoms with E-state index in [4.69, 9.17) is 9.47 Å². The highest BCUT2D eigenvalue weighted by molar-refractivity contribution is 5.66. The van der Waals surface area contributed by atoms with Crippen molar-refractivity contribution in [2.45, 2.75) is 38.3 Å². The Morgan fingerprint density at radius 1 is 1.62 bits per heavy atom. The molecule has 0 saturated carbocycles. The van der Waals surface area contributed by atoms with Gasteiger partial charge in [-0.1, -0.05) is 0 Å². The van der Waals surface area contributed by atoms with Crippen molar-refractivity contribution in [2.75, 3.05) is 0 Å². The number of epoxide rings is 1. The molecule has 72 valence electrons. The minimum Gasteiger partial charge on any atom is -0.455 e. The summed E-state index contributed by atoms with van der Waals surface area (Å²) in [5.74, 6) is -0.320. The molecule has 1 aliphatic carbocycles. The van der Waals surface area contributed by atoms with Crippen LogP contribution in [0.4, 0.5) is 0 Å². The van der Waals surface area contributed by atoms with Gasteiger partial charge in [0.15, 0.2) is 0 Å². The van der Waals surface area contributed by atoms with Crippen molar-refractivity contribution in [3.63, 3.8) is 0 Å².